The number of hydrogen-bond donors (Lipinski definition) is 2. The Morgan fingerprint density at radius 2 is 1.95 bits per heavy atom. The number of benzene rings is 2. The van der Waals surface area contributed by atoms with Gasteiger partial charge in [0.1, 0.15) is 5.75 Å². The molecule has 3 N–H and O–H groups in total. The van der Waals surface area contributed by atoms with Crippen molar-refractivity contribution in [2.75, 3.05) is 17.7 Å². The van der Waals surface area contributed by atoms with Gasteiger partial charge in [0.05, 0.1) is 5.69 Å². The van der Waals surface area contributed by atoms with Crippen LogP contribution in [-0.4, -0.2) is 12.5 Å². The first kappa shape index (κ1) is 14.2. The number of nitrogens with one attached hydrogen (secondary N) is 1. The number of rotatable bonds is 4. The van der Waals surface area contributed by atoms with Gasteiger partial charge in [0, 0.05) is 10.7 Å². The Labute approximate surface area is 122 Å². The van der Waals surface area contributed by atoms with Crippen molar-refractivity contribution < 1.29 is 9.53 Å². The Balaban J connectivity index is 1.92. The lowest BCUT2D eigenvalue weighted by Crippen LogP contribution is -2.20. The molecule has 2 rings (SSSR count). The molecule has 0 atom stereocenters. The van der Waals surface area contributed by atoms with Gasteiger partial charge in [0.2, 0.25) is 0 Å². The molecule has 1 amide bonds. The van der Waals surface area contributed by atoms with Gasteiger partial charge in [-0.2, -0.15) is 0 Å². The van der Waals surface area contributed by atoms with Gasteiger partial charge in [-0.25, -0.2) is 0 Å². The number of amides is 1. The van der Waals surface area contributed by atoms with Crippen molar-refractivity contribution in [3.8, 4) is 5.75 Å². The summed E-state index contributed by atoms with van der Waals surface area (Å²) in [5.74, 6) is 0.254. The molecule has 0 spiro atoms. The Morgan fingerprint density at radius 3 is 2.65 bits per heavy atom. The predicted molar refractivity (Wildman–Crippen MR) is 81.2 cm³/mol. The van der Waals surface area contributed by atoms with Gasteiger partial charge in [-0.15, -0.1) is 0 Å². The molecule has 0 aliphatic carbocycles. The van der Waals surface area contributed by atoms with Gasteiger partial charge in [0.15, 0.2) is 6.61 Å². The van der Waals surface area contributed by atoms with E-state index in [9.17, 15) is 4.79 Å². The first-order chi connectivity index (χ1) is 9.54. The van der Waals surface area contributed by atoms with Crippen LogP contribution in [0.5, 0.6) is 5.75 Å². The lowest BCUT2D eigenvalue weighted by Gasteiger charge is -2.10. The lowest BCUT2D eigenvalue weighted by atomic mass is 10.2. The summed E-state index contributed by atoms with van der Waals surface area (Å²) in [6.45, 7) is 1.83. The third-order valence-corrected chi connectivity index (χ3v) is 2.91. The number of halogens is 1. The van der Waals surface area contributed by atoms with E-state index in [0.717, 1.165) is 5.56 Å². The van der Waals surface area contributed by atoms with E-state index in [1.54, 1.807) is 36.4 Å². The van der Waals surface area contributed by atoms with Crippen LogP contribution in [0.2, 0.25) is 5.02 Å². The minimum absolute atomic E-state index is 0.101. The molecule has 4 nitrogen and oxygen atoms in total. The van der Waals surface area contributed by atoms with Crippen LogP contribution in [0.4, 0.5) is 11.4 Å². The zero-order valence-corrected chi connectivity index (χ0v) is 11.8. The predicted octanol–water partition coefficient (Wildman–Crippen LogP) is 3.25. The molecule has 0 aliphatic rings. The second-order valence-corrected chi connectivity index (χ2v) is 4.82. The van der Waals surface area contributed by atoms with Crippen LogP contribution in [0.1, 0.15) is 5.56 Å². The highest BCUT2D eigenvalue weighted by atomic mass is 35.5. The fourth-order valence-corrected chi connectivity index (χ4v) is 1.77. The Bertz CT molecular complexity index is 612. The molecule has 2 aromatic carbocycles. The summed E-state index contributed by atoms with van der Waals surface area (Å²) in [7, 11) is 0. The maximum absolute atomic E-state index is 11.8. The molecule has 104 valence electrons. The normalized spacial score (nSPS) is 10.1. The average molecular weight is 291 g/mol. The summed E-state index contributed by atoms with van der Waals surface area (Å²) in [5.41, 5.74) is 7.97. The number of anilines is 2. The van der Waals surface area contributed by atoms with Crippen LogP contribution in [0.3, 0.4) is 0 Å². The number of carbonyl (C=O) groups is 1. The van der Waals surface area contributed by atoms with Gasteiger partial charge in [-0.3, -0.25) is 4.79 Å². The zero-order valence-electron chi connectivity index (χ0n) is 11.0. The quantitative estimate of drug-likeness (QED) is 0.850. The standard InChI is InChI=1S/C15H15ClN2O2/c1-10-2-7-13(17)14(8-10)20-9-15(19)18-12-5-3-11(16)4-6-12/h2-8H,9,17H2,1H3,(H,18,19). The highest BCUT2D eigenvalue weighted by Gasteiger charge is 2.06. The number of ether oxygens (including phenoxy) is 1. The molecule has 5 heteroatoms. The van der Waals surface area contributed by atoms with E-state index in [1.807, 2.05) is 13.0 Å². The molecule has 0 heterocycles. The maximum atomic E-state index is 11.8. The van der Waals surface area contributed by atoms with Crippen LogP contribution >= 0.6 is 11.6 Å². The topological polar surface area (TPSA) is 64.3 Å². The smallest absolute Gasteiger partial charge is 0.262 e. The van der Waals surface area contributed by atoms with Gasteiger partial charge in [-0.1, -0.05) is 17.7 Å². The highest BCUT2D eigenvalue weighted by Crippen LogP contribution is 2.22. The second kappa shape index (κ2) is 6.30. The summed E-state index contributed by atoms with van der Waals surface area (Å²) in [6, 6.07) is 12.3. The van der Waals surface area contributed by atoms with Crippen molar-refractivity contribution in [3.05, 3.63) is 53.1 Å². The molecule has 0 aromatic heterocycles. The number of hydrogen-bond acceptors (Lipinski definition) is 3. The molecule has 0 unspecified atom stereocenters. The van der Waals surface area contributed by atoms with E-state index in [4.69, 9.17) is 22.1 Å². The number of carbonyl (C=O) groups excluding carboxylic acids is 1. The van der Waals surface area contributed by atoms with E-state index in [2.05, 4.69) is 5.32 Å². The van der Waals surface area contributed by atoms with Crippen LogP contribution in [0.15, 0.2) is 42.5 Å². The molecule has 2 aromatic rings. The molecule has 0 aliphatic heterocycles. The second-order valence-electron chi connectivity index (χ2n) is 4.39. The first-order valence-electron chi connectivity index (χ1n) is 6.09. The minimum atomic E-state index is -0.256. The van der Waals surface area contributed by atoms with E-state index in [0.29, 0.717) is 22.1 Å². The summed E-state index contributed by atoms with van der Waals surface area (Å²) in [5, 5.41) is 3.33. The Kier molecular flexibility index (Phi) is 4.48. The van der Waals surface area contributed by atoms with Crippen molar-refractivity contribution in [1.82, 2.24) is 0 Å². The van der Waals surface area contributed by atoms with Gasteiger partial charge < -0.3 is 15.8 Å². The number of nitrogens with two attached hydrogens (primary N) is 1. The van der Waals surface area contributed by atoms with E-state index >= 15 is 0 Å². The minimum Gasteiger partial charge on any atom is -0.482 e. The van der Waals surface area contributed by atoms with Gasteiger partial charge in [-0.05, 0) is 48.9 Å². The molecule has 0 bridgehead atoms. The SMILES string of the molecule is Cc1ccc(N)c(OCC(=O)Nc2ccc(Cl)cc2)c1. The summed E-state index contributed by atoms with van der Waals surface area (Å²) in [6.07, 6.45) is 0. The maximum Gasteiger partial charge on any atom is 0.262 e. The van der Waals surface area contributed by atoms with Crippen molar-refractivity contribution >= 4 is 28.9 Å². The molecular formula is C15H15ClN2O2. The van der Waals surface area contributed by atoms with Crippen molar-refractivity contribution in [2.45, 2.75) is 6.92 Å². The average Bonchev–Trinajstić information content (AvgIpc) is 2.42. The summed E-state index contributed by atoms with van der Waals surface area (Å²) >= 11 is 5.77. The van der Waals surface area contributed by atoms with E-state index in [-0.39, 0.29) is 12.5 Å². The summed E-state index contributed by atoms with van der Waals surface area (Å²) in [4.78, 5) is 11.8. The zero-order chi connectivity index (χ0) is 14.5. The number of aryl methyl sites for hydroxylation is 1. The third-order valence-electron chi connectivity index (χ3n) is 2.66. The Morgan fingerprint density at radius 1 is 1.25 bits per heavy atom. The third kappa shape index (κ3) is 3.90. The molecule has 0 saturated carbocycles. The Hall–Kier alpha value is -2.20. The van der Waals surface area contributed by atoms with Crippen molar-refractivity contribution in [1.29, 1.82) is 0 Å². The molecule has 0 fully saturated rings. The fraction of sp³-hybridized carbons (Fsp3) is 0.133. The van der Waals surface area contributed by atoms with Crippen molar-refractivity contribution in [3.63, 3.8) is 0 Å². The van der Waals surface area contributed by atoms with Crippen LogP contribution in [0.25, 0.3) is 0 Å². The van der Waals surface area contributed by atoms with Crippen LogP contribution < -0.4 is 15.8 Å². The number of nitrogen functional groups attached to an aromatic ring is 1. The largest absolute Gasteiger partial charge is 0.482 e. The van der Waals surface area contributed by atoms with Crippen LogP contribution in [0, 0.1) is 6.92 Å². The first-order valence-corrected chi connectivity index (χ1v) is 6.47. The highest BCUT2D eigenvalue weighted by molar-refractivity contribution is 6.30. The van der Waals surface area contributed by atoms with Gasteiger partial charge in [0.25, 0.3) is 5.91 Å². The molecule has 0 radical (unpaired) electrons. The van der Waals surface area contributed by atoms with Crippen LogP contribution in [-0.2, 0) is 4.79 Å². The molecular weight excluding hydrogens is 276 g/mol. The fourth-order valence-electron chi connectivity index (χ4n) is 1.64. The lowest BCUT2D eigenvalue weighted by molar-refractivity contribution is -0.118. The van der Waals surface area contributed by atoms with E-state index in [1.165, 1.54) is 0 Å². The monoisotopic (exact) mass is 290 g/mol. The molecule has 20 heavy (non-hydrogen) atoms. The molecule has 0 saturated heterocycles. The van der Waals surface area contributed by atoms with Crippen molar-refractivity contribution in [2.24, 2.45) is 0 Å². The van der Waals surface area contributed by atoms with Gasteiger partial charge >= 0.3 is 0 Å². The van der Waals surface area contributed by atoms with E-state index < -0.39 is 0 Å². The summed E-state index contributed by atoms with van der Waals surface area (Å²) < 4.78 is 5.41.